The van der Waals surface area contributed by atoms with Crippen LogP contribution < -0.4 is 0 Å². The van der Waals surface area contributed by atoms with Gasteiger partial charge in [-0.05, 0) is 49.3 Å². The molecule has 2 aliphatic rings. The molecular weight excluding hydrogens is 286 g/mol. The van der Waals surface area contributed by atoms with Crippen LogP contribution in [0, 0.1) is 17.2 Å². The fourth-order valence-electron chi connectivity index (χ4n) is 3.18. The zero-order valence-electron chi connectivity index (χ0n) is 10.7. The summed E-state index contributed by atoms with van der Waals surface area (Å²) >= 11 is 12.1. The molecule has 19 heavy (non-hydrogen) atoms. The third kappa shape index (κ3) is 2.63. The largest absolute Gasteiger partial charge is 0.377 e. The predicted octanol–water partition coefficient (Wildman–Crippen LogP) is 4.45. The van der Waals surface area contributed by atoms with Crippen LogP contribution in [0.5, 0.6) is 0 Å². The molecule has 1 saturated heterocycles. The fourth-order valence-corrected chi connectivity index (χ4v) is 3.76. The van der Waals surface area contributed by atoms with Gasteiger partial charge in [-0.25, -0.2) is 4.39 Å². The van der Waals surface area contributed by atoms with Crippen LogP contribution >= 0.6 is 23.2 Å². The van der Waals surface area contributed by atoms with Crippen molar-refractivity contribution < 1.29 is 9.13 Å². The average molecular weight is 303 g/mol. The van der Waals surface area contributed by atoms with Crippen LogP contribution in [-0.2, 0) is 11.2 Å². The summed E-state index contributed by atoms with van der Waals surface area (Å²) in [5, 5.41) is 0.184. The Hall–Kier alpha value is -0.310. The summed E-state index contributed by atoms with van der Waals surface area (Å²) < 4.78 is 19.1. The molecule has 1 heterocycles. The molecule has 1 aromatic carbocycles. The Kier molecular flexibility index (Phi) is 3.76. The lowest BCUT2D eigenvalue weighted by atomic mass is 9.76. The van der Waals surface area contributed by atoms with Crippen LogP contribution in [0.4, 0.5) is 4.39 Å². The summed E-state index contributed by atoms with van der Waals surface area (Å²) in [7, 11) is 0. The van der Waals surface area contributed by atoms with Crippen LogP contribution in [0.2, 0.25) is 5.02 Å². The van der Waals surface area contributed by atoms with E-state index in [4.69, 9.17) is 27.9 Å². The highest BCUT2D eigenvalue weighted by atomic mass is 35.5. The molecule has 1 aromatic rings. The summed E-state index contributed by atoms with van der Waals surface area (Å²) in [5.74, 6) is 0.882. The molecule has 0 spiro atoms. The van der Waals surface area contributed by atoms with E-state index in [1.807, 2.05) is 0 Å². The van der Waals surface area contributed by atoms with Gasteiger partial charge in [-0.1, -0.05) is 17.7 Å². The minimum atomic E-state index is -0.369. The topological polar surface area (TPSA) is 9.23 Å². The van der Waals surface area contributed by atoms with E-state index >= 15 is 0 Å². The highest BCUT2D eigenvalue weighted by Crippen LogP contribution is 2.50. The first-order valence-electron chi connectivity index (χ1n) is 6.76. The minimum absolute atomic E-state index is 0.0100. The average Bonchev–Trinajstić information content (AvgIpc) is 3.16. The lowest BCUT2D eigenvalue weighted by Crippen LogP contribution is -2.36. The lowest BCUT2D eigenvalue weighted by Gasteiger charge is -2.32. The summed E-state index contributed by atoms with van der Waals surface area (Å²) in [4.78, 5) is 0. The van der Waals surface area contributed by atoms with E-state index < -0.39 is 0 Å². The van der Waals surface area contributed by atoms with Crippen LogP contribution in [0.25, 0.3) is 0 Å². The van der Waals surface area contributed by atoms with Crippen LogP contribution in [0.1, 0.15) is 24.8 Å². The molecule has 2 fully saturated rings. The van der Waals surface area contributed by atoms with Gasteiger partial charge in [-0.15, -0.1) is 11.6 Å². The van der Waals surface area contributed by atoms with Gasteiger partial charge in [0.25, 0.3) is 0 Å². The molecule has 1 aliphatic heterocycles. The standard InChI is InChI=1S/C15H17Cl2FO/c16-9-15(5-6-19-14(15)11-2-3-11)8-10-1-4-13(18)12(17)7-10/h1,4,7,11,14H,2-3,5-6,8-9H2. The van der Waals surface area contributed by atoms with Gasteiger partial charge in [0, 0.05) is 17.9 Å². The van der Waals surface area contributed by atoms with Crippen molar-refractivity contribution in [2.24, 2.45) is 11.3 Å². The van der Waals surface area contributed by atoms with Crippen LogP contribution in [0.15, 0.2) is 18.2 Å². The molecule has 0 amide bonds. The van der Waals surface area contributed by atoms with Crippen molar-refractivity contribution in [3.63, 3.8) is 0 Å². The first kappa shape index (κ1) is 13.7. The Labute approximate surface area is 123 Å². The van der Waals surface area contributed by atoms with E-state index in [1.165, 1.54) is 18.9 Å². The van der Waals surface area contributed by atoms with E-state index in [1.54, 1.807) is 12.1 Å². The second-order valence-electron chi connectivity index (χ2n) is 5.80. The number of hydrogen-bond donors (Lipinski definition) is 0. The number of hydrogen-bond acceptors (Lipinski definition) is 1. The van der Waals surface area contributed by atoms with Gasteiger partial charge >= 0.3 is 0 Å². The molecule has 2 atom stereocenters. The molecule has 3 rings (SSSR count). The maximum absolute atomic E-state index is 13.2. The molecule has 104 valence electrons. The molecule has 1 nitrogen and oxygen atoms in total. The zero-order chi connectivity index (χ0) is 13.5. The Morgan fingerprint density at radius 3 is 2.79 bits per heavy atom. The van der Waals surface area contributed by atoms with E-state index in [0.29, 0.717) is 11.8 Å². The minimum Gasteiger partial charge on any atom is -0.377 e. The monoisotopic (exact) mass is 302 g/mol. The van der Waals surface area contributed by atoms with Gasteiger partial charge in [0.1, 0.15) is 5.82 Å². The second kappa shape index (κ2) is 5.23. The van der Waals surface area contributed by atoms with Crippen molar-refractivity contribution in [2.75, 3.05) is 12.5 Å². The highest BCUT2D eigenvalue weighted by molar-refractivity contribution is 6.30. The summed E-state index contributed by atoms with van der Waals surface area (Å²) in [6.07, 6.45) is 4.54. The Bertz CT molecular complexity index is 475. The second-order valence-corrected chi connectivity index (χ2v) is 6.47. The van der Waals surface area contributed by atoms with E-state index in [-0.39, 0.29) is 22.4 Å². The van der Waals surface area contributed by atoms with Crippen LogP contribution in [-0.4, -0.2) is 18.6 Å². The normalized spacial score (nSPS) is 30.8. The number of rotatable bonds is 4. The van der Waals surface area contributed by atoms with Crippen molar-refractivity contribution in [1.82, 2.24) is 0 Å². The molecular formula is C15H17Cl2FO. The van der Waals surface area contributed by atoms with Crippen LogP contribution in [0.3, 0.4) is 0 Å². The Morgan fingerprint density at radius 1 is 1.37 bits per heavy atom. The van der Waals surface area contributed by atoms with Gasteiger partial charge in [0.05, 0.1) is 11.1 Å². The quantitative estimate of drug-likeness (QED) is 0.747. The van der Waals surface area contributed by atoms with Gasteiger partial charge in [-0.3, -0.25) is 0 Å². The third-order valence-electron chi connectivity index (χ3n) is 4.36. The number of alkyl halides is 1. The highest BCUT2D eigenvalue weighted by Gasteiger charge is 2.50. The van der Waals surface area contributed by atoms with E-state index in [0.717, 1.165) is 25.0 Å². The SMILES string of the molecule is Fc1ccc(CC2(CCl)CCOC2C2CC2)cc1Cl. The van der Waals surface area contributed by atoms with Crippen molar-refractivity contribution in [3.05, 3.63) is 34.6 Å². The smallest absolute Gasteiger partial charge is 0.141 e. The van der Waals surface area contributed by atoms with E-state index in [9.17, 15) is 4.39 Å². The summed E-state index contributed by atoms with van der Waals surface area (Å²) in [5.41, 5.74) is 1.03. The molecule has 0 N–H and O–H groups in total. The molecule has 0 bridgehead atoms. The van der Waals surface area contributed by atoms with Crippen molar-refractivity contribution >= 4 is 23.2 Å². The van der Waals surface area contributed by atoms with Crippen molar-refractivity contribution in [2.45, 2.75) is 31.8 Å². The molecule has 2 unspecified atom stereocenters. The van der Waals surface area contributed by atoms with E-state index in [2.05, 4.69) is 0 Å². The molecule has 1 aliphatic carbocycles. The van der Waals surface area contributed by atoms with Crippen molar-refractivity contribution in [1.29, 1.82) is 0 Å². The van der Waals surface area contributed by atoms with Gasteiger partial charge in [0.15, 0.2) is 0 Å². The van der Waals surface area contributed by atoms with Gasteiger partial charge in [0.2, 0.25) is 0 Å². The molecule has 4 heteroatoms. The Balaban J connectivity index is 1.83. The third-order valence-corrected chi connectivity index (χ3v) is 5.18. The molecule has 0 aromatic heterocycles. The number of ether oxygens (including phenoxy) is 1. The zero-order valence-corrected chi connectivity index (χ0v) is 12.2. The molecule has 0 radical (unpaired) electrons. The first-order valence-corrected chi connectivity index (χ1v) is 7.67. The Morgan fingerprint density at radius 2 is 2.16 bits per heavy atom. The number of halogens is 3. The van der Waals surface area contributed by atoms with Gasteiger partial charge in [-0.2, -0.15) is 0 Å². The van der Waals surface area contributed by atoms with Gasteiger partial charge < -0.3 is 4.74 Å². The predicted molar refractivity (Wildman–Crippen MR) is 75.3 cm³/mol. The number of benzene rings is 1. The maximum Gasteiger partial charge on any atom is 0.141 e. The lowest BCUT2D eigenvalue weighted by molar-refractivity contribution is 0.0403. The summed E-state index contributed by atoms with van der Waals surface area (Å²) in [6.45, 7) is 0.781. The fraction of sp³-hybridized carbons (Fsp3) is 0.600. The van der Waals surface area contributed by atoms with Crippen molar-refractivity contribution in [3.8, 4) is 0 Å². The summed E-state index contributed by atoms with van der Waals surface area (Å²) in [6, 6.07) is 4.95. The molecule has 1 saturated carbocycles. The first-order chi connectivity index (χ1) is 9.14. The maximum atomic E-state index is 13.2.